The smallest absolute Gasteiger partial charge is 0.0580 e. The SMILES string of the molecule is Cc1ccc(SNCCC(O)C2CC2)cc1. The third-order valence-corrected chi connectivity index (χ3v) is 3.78. The fourth-order valence-corrected chi connectivity index (χ4v) is 2.32. The second-order valence-corrected chi connectivity index (χ2v) is 5.47. The summed E-state index contributed by atoms with van der Waals surface area (Å²) in [4.78, 5) is 1.23. The van der Waals surface area contributed by atoms with Gasteiger partial charge in [0.1, 0.15) is 0 Å². The molecule has 2 rings (SSSR count). The Kier molecular flexibility index (Phi) is 4.27. The Labute approximate surface area is 102 Å². The Balaban J connectivity index is 1.62. The molecule has 0 spiro atoms. The summed E-state index contributed by atoms with van der Waals surface area (Å²) in [6.07, 6.45) is 3.20. The van der Waals surface area contributed by atoms with Crippen molar-refractivity contribution >= 4 is 11.9 Å². The summed E-state index contributed by atoms with van der Waals surface area (Å²) >= 11 is 1.64. The van der Waals surface area contributed by atoms with Gasteiger partial charge < -0.3 is 5.11 Å². The Morgan fingerprint density at radius 1 is 1.38 bits per heavy atom. The van der Waals surface area contributed by atoms with Crippen LogP contribution in [0.25, 0.3) is 0 Å². The Morgan fingerprint density at radius 2 is 2.06 bits per heavy atom. The number of hydrogen-bond acceptors (Lipinski definition) is 3. The van der Waals surface area contributed by atoms with Gasteiger partial charge in [0.25, 0.3) is 0 Å². The molecule has 1 aromatic carbocycles. The van der Waals surface area contributed by atoms with Crippen molar-refractivity contribution in [2.75, 3.05) is 6.54 Å². The molecule has 0 amide bonds. The highest BCUT2D eigenvalue weighted by molar-refractivity contribution is 7.97. The van der Waals surface area contributed by atoms with E-state index >= 15 is 0 Å². The van der Waals surface area contributed by atoms with Crippen molar-refractivity contribution in [1.29, 1.82) is 0 Å². The van der Waals surface area contributed by atoms with Crippen molar-refractivity contribution < 1.29 is 5.11 Å². The van der Waals surface area contributed by atoms with E-state index < -0.39 is 0 Å². The van der Waals surface area contributed by atoms with E-state index in [1.54, 1.807) is 11.9 Å². The van der Waals surface area contributed by atoms with E-state index in [-0.39, 0.29) is 6.10 Å². The van der Waals surface area contributed by atoms with E-state index in [9.17, 15) is 5.11 Å². The van der Waals surface area contributed by atoms with Gasteiger partial charge in [0.15, 0.2) is 0 Å². The van der Waals surface area contributed by atoms with Crippen LogP contribution in [-0.4, -0.2) is 17.8 Å². The molecule has 16 heavy (non-hydrogen) atoms. The molecule has 0 saturated heterocycles. The normalized spacial score (nSPS) is 17.4. The van der Waals surface area contributed by atoms with Gasteiger partial charge in [0.05, 0.1) is 6.10 Å². The van der Waals surface area contributed by atoms with Gasteiger partial charge in [-0.2, -0.15) is 0 Å². The molecule has 0 radical (unpaired) electrons. The lowest BCUT2D eigenvalue weighted by Crippen LogP contribution is -2.16. The maximum atomic E-state index is 9.67. The van der Waals surface area contributed by atoms with E-state index in [4.69, 9.17) is 0 Å². The molecule has 2 N–H and O–H groups in total. The molecule has 3 heteroatoms. The number of aliphatic hydroxyl groups is 1. The van der Waals surface area contributed by atoms with Gasteiger partial charge in [0.2, 0.25) is 0 Å². The molecule has 1 fully saturated rings. The van der Waals surface area contributed by atoms with Crippen LogP contribution in [0.1, 0.15) is 24.8 Å². The number of nitrogens with one attached hydrogen (secondary N) is 1. The maximum Gasteiger partial charge on any atom is 0.0580 e. The number of rotatable bonds is 6. The topological polar surface area (TPSA) is 32.3 Å². The molecule has 2 nitrogen and oxygen atoms in total. The van der Waals surface area contributed by atoms with E-state index in [1.165, 1.54) is 23.3 Å². The van der Waals surface area contributed by atoms with E-state index in [1.807, 2.05) is 0 Å². The van der Waals surface area contributed by atoms with Gasteiger partial charge in [-0.1, -0.05) is 17.7 Å². The second-order valence-electron chi connectivity index (χ2n) is 4.50. The summed E-state index contributed by atoms with van der Waals surface area (Å²) in [5.74, 6) is 0.589. The standard InChI is InChI=1S/C13H19NOS/c1-10-2-6-12(7-3-10)16-14-9-8-13(15)11-4-5-11/h2-3,6-7,11,13-15H,4-5,8-9H2,1H3. The molecular weight excluding hydrogens is 218 g/mol. The fourth-order valence-electron chi connectivity index (χ4n) is 1.66. The van der Waals surface area contributed by atoms with E-state index in [0.717, 1.165) is 13.0 Å². The summed E-state index contributed by atoms with van der Waals surface area (Å²) in [7, 11) is 0. The predicted molar refractivity (Wildman–Crippen MR) is 68.4 cm³/mol. The van der Waals surface area contributed by atoms with Gasteiger partial charge in [-0.15, -0.1) is 0 Å². The van der Waals surface area contributed by atoms with E-state index in [2.05, 4.69) is 35.9 Å². The van der Waals surface area contributed by atoms with Crippen LogP contribution in [0.3, 0.4) is 0 Å². The monoisotopic (exact) mass is 237 g/mol. The second kappa shape index (κ2) is 5.71. The molecule has 0 heterocycles. The molecule has 88 valence electrons. The first kappa shape index (κ1) is 12.0. The highest BCUT2D eigenvalue weighted by atomic mass is 32.2. The molecule has 0 bridgehead atoms. The number of hydrogen-bond donors (Lipinski definition) is 2. The summed E-state index contributed by atoms with van der Waals surface area (Å²) in [6.45, 7) is 2.96. The van der Waals surface area contributed by atoms with E-state index in [0.29, 0.717) is 5.92 Å². The van der Waals surface area contributed by atoms with Crippen LogP contribution in [0.4, 0.5) is 0 Å². The Morgan fingerprint density at radius 3 is 2.69 bits per heavy atom. The molecule has 0 aliphatic heterocycles. The molecule has 1 saturated carbocycles. The fraction of sp³-hybridized carbons (Fsp3) is 0.538. The number of aliphatic hydroxyl groups excluding tert-OH is 1. The van der Waals surface area contributed by atoms with Crippen LogP contribution >= 0.6 is 11.9 Å². The first-order chi connectivity index (χ1) is 7.75. The van der Waals surface area contributed by atoms with Crippen LogP contribution in [0, 0.1) is 12.8 Å². The molecular formula is C13H19NOS. The van der Waals surface area contributed by atoms with Crippen molar-refractivity contribution in [3.8, 4) is 0 Å². The summed E-state index contributed by atoms with van der Waals surface area (Å²) in [5.41, 5.74) is 1.29. The average molecular weight is 237 g/mol. The molecule has 0 aromatic heterocycles. The zero-order valence-corrected chi connectivity index (χ0v) is 10.5. The van der Waals surface area contributed by atoms with Crippen molar-refractivity contribution in [2.24, 2.45) is 5.92 Å². The van der Waals surface area contributed by atoms with Crippen molar-refractivity contribution in [2.45, 2.75) is 37.2 Å². The van der Waals surface area contributed by atoms with Gasteiger partial charge >= 0.3 is 0 Å². The third kappa shape index (κ3) is 3.81. The van der Waals surface area contributed by atoms with Gasteiger partial charge in [-0.25, -0.2) is 0 Å². The first-order valence-corrected chi connectivity index (χ1v) is 6.72. The molecule has 1 aliphatic rings. The van der Waals surface area contributed by atoms with Crippen molar-refractivity contribution in [1.82, 2.24) is 4.72 Å². The zero-order chi connectivity index (χ0) is 11.4. The minimum absolute atomic E-state index is 0.0916. The van der Waals surface area contributed by atoms with Gasteiger partial charge in [-0.05, 0) is 56.2 Å². The lowest BCUT2D eigenvalue weighted by molar-refractivity contribution is 0.143. The van der Waals surface area contributed by atoms with Gasteiger partial charge in [-0.3, -0.25) is 4.72 Å². The van der Waals surface area contributed by atoms with Crippen LogP contribution in [0.5, 0.6) is 0 Å². The summed E-state index contributed by atoms with van der Waals surface area (Å²) in [6, 6.07) is 8.46. The lowest BCUT2D eigenvalue weighted by atomic mass is 10.2. The summed E-state index contributed by atoms with van der Waals surface area (Å²) < 4.78 is 3.29. The molecule has 1 aromatic rings. The number of benzene rings is 1. The van der Waals surface area contributed by atoms with Crippen LogP contribution < -0.4 is 4.72 Å². The molecule has 1 unspecified atom stereocenters. The average Bonchev–Trinajstić information content (AvgIpc) is 3.10. The van der Waals surface area contributed by atoms with Crippen LogP contribution in [0.15, 0.2) is 29.2 Å². The predicted octanol–water partition coefficient (Wildman–Crippen LogP) is 2.75. The third-order valence-electron chi connectivity index (χ3n) is 2.92. The molecule has 1 aliphatic carbocycles. The quantitative estimate of drug-likeness (QED) is 0.589. The Hall–Kier alpha value is -0.510. The van der Waals surface area contributed by atoms with Crippen molar-refractivity contribution in [3.05, 3.63) is 29.8 Å². The van der Waals surface area contributed by atoms with Crippen molar-refractivity contribution in [3.63, 3.8) is 0 Å². The maximum absolute atomic E-state index is 9.67. The minimum Gasteiger partial charge on any atom is -0.393 e. The van der Waals surface area contributed by atoms with Crippen LogP contribution in [-0.2, 0) is 0 Å². The zero-order valence-electron chi connectivity index (χ0n) is 9.65. The van der Waals surface area contributed by atoms with Crippen LogP contribution in [0.2, 0.25) is 0 Å². The minimum atomic E-state index is -0.0916. The lowest BCUT2D eigenvalue weighted by Gasteiger charge is -2.09. The number of aryl methyl sites for hydroxylation is 1. The largest absolute Gasteiger partial charge is 0.393 e. The highest BCUT2D eigenvalue weighted by Gasteiger charge is 2.28. The highest BCUT2D eigenvalue weighted by Crippen LogP contribution is 2.33. The Bertz CT molecular complexity index is 321. The molecule has 1 atom stereocenters. The summed E-state index contributed by atoms with van der Waals surface area (Å²) in [5, 5.41) is 9.67. The first-order valence-electron chi connectivity index (χ1n) is 5.90. The van der Waals surface area contributed by atoms with Gasteiger partial charge in [0, 0.05) is 11.4 Å².